The molecule has 0 spiro atoms. The number of rotatable bonds is 7. The first-order chi connectivity index (χ1) is 11.9. The summed E-state index contributed by atoms with van der Waals surface area (Å²) < 4.78 is 10.3. The summed E-state index contributed by atoms with van der Waals surface area (Å²) in [6.07, 6.45) is 1.83. The van der Waals surface area contributed by atoms with E-state index in [0.29, 0.717) is 25.8 Å². The number of methoxy groups -OCH3 is 2. The van der Waals surface area contributed by atoms with Crippen LogP contribution in [0.15, 0.2) is 24.3 Å². The fourth-order valence-corrected chi connectivity index (χ4v) is 3.46. The number of ether oxygens (including phenoxy) is 2. The van der Waals surface area contributed by atoms with Gasteiger partial charge >= 0.3 is 5.97 Å². The first-order valence-corrected chi connectivity index (χ1v) is 8.56. The molecule has 1 N–H and O–H groups in total. The standard InChI is InChI=1S/C19H27NO5/c1-14(11-15-5-7-16(25-3)8-6-15)17(21)20-10-4-9-19(12-20,13-24-2)18(22)23/h5-8,14H,4,9-13H2,1-3H3,(H,22,23). The molecule has 1 aromatic carbocycles. The highest BCUT2D eigenvalue weighted by molar-refractivity contribution is 5.81. The van der Waals surface area contributed by atoms with Crippen LogP contribution < -0.4 is 4.74 Å². The lowest BCUT2D eigenvalue weighted by Crippen LogP contribution is -2.53. The number of hydrogen-bond acceptors (Lipinski definition) is 4. The summed E-state index contributed by atoms with van der Waals surface area (Å²) in [5.41, 5.74) is 0.0581. The minimum atomic E-state index is -0.998. The smallest absolute Gasteiger partial charge is 0.313 e. The van der Waals surface area contributed by atoms with Gasteiger partial charge in [-0.3, -0.25) is 9.59 Å². The second kappa shape index (κ2) is 8.34. The highest BCUT2D eigenvalue weighted by Crippen LogP contribution is 2.32. The maximum Gasteiger partial charge on any atom is 0.313 e. The predicted octanol–water partition coefficient (Wildman–Crippen LogP) is 2.21. The lowest BCUT2D eigenvalue weighted by atomic mass is 9.80. The van der Waals surface area contributed by atoms with E-state index in [1.165, 1.54) is 7.11 Å². The number of carbonyl (C=O) groups excluding carboxylic acids is 1. The van der Waals surface area contributed by atoms with Crippen LogP contribution in [0.5, 0.6) is 5.75 Å². The van der Waals surface area contributed by atoms with E-state index in [0.717, 1.165) is 11.3 Å². The largest absolute Gasteiger partial charge is 0.497 e. The lowest BCUT2D eigenvalue weighted by Gasteiger charge is -2.40. The van der Waals surface area contributed by atoms with Crippen molar-refractivity contribution in [2.24, 2.45) is 11.3 Å². The summed E-state index contributed by atoms with van der Waals surface area (Å²) in [5, 5.41) is 9.61. The van der Waals surface area contributed by atoms with Crippen molar-refractivity contribution in [1.82, 2.24) is 4.90 Å². The van der Waals surface area contributed by atoms with Gasteiger partial charge in [0.15, 0.2) is 0 Å². The van der Waals surface area contributed by atoms with Crippen molar-refractivity contribution in [1.29, 1.82) is 0 Å². The third-order valence-corrected chi connectivity index (χ3v) is 4.89. The van der Waals surface area contributed by atoms with Gasteiger partial charge in [0.2, 0.25) is 5.91 Å². The van der Waals surface area contributed by atoms with Gasteiger partial charge in [-0.25, -0.2) is 0 Å². The summed E-state index contributed by atoms with van der Waals surface area (Å²) in [4.78, 5) is 26.2. The zero-order valence-corrected chi connectivity index (χ0v) is 15.2. The van der Waals surface area contributed by atoms with Crippen LogP contribution in [0.2, 0.25) is 0 Å². The minimum absolute atomic E-state index is 0.00255. The Hall–Kier alpha value is -2.08. The molecule has 1 aliphatic rings. The summed E-state index contributed by atoms with van der Waals surface area (Å²) >= 11 is 0. The van der Waals surface area contributed by atoms with Gasteiger partial charge in [-0.2, -0.15) is 0 Å². The molecular weight excluding hydrogens is 322 g/mol. The van der Waals surface area contributed by atoms with Gasteiger partial charge in [0.05, 0.1) is 13.7 Å². The van der Waals surface area contributed by atoms with Crippen molar-refractivity contribution in [3.63, 3.8) is 0 Å². The van der Waals surface area contributed by atoms with E-state index < -0.39 is 11.4 Å². The SMILES string of the molecule is COCC1(C(=O)O)CCCN(C(=O)C(C)Cc2ccc(OC)cc2)C1. The normalized spacial score (nSPS) is 21.6. The molecule has 25 heavy (non-hydrogen) atoms. The molecule has 6 nitrogen and oxygen atoms in total. The second-order valence-corrected chi connectivity index (χ2v) is 6.84. The number of aliphatic carboxylic acids is 1. The van der Waals surface area contributed by atoms with Gasteiger partial charge in [0.1, 0.15) is 11.2 Å². The Kier molecular flexibility index (Phi) is 6.42. The summed E-state index contributed by atoms with van der Waals surface area (Å²) in [6.45, 7) is 2.82. The zero-order valence-electron chi connectivity index (χ0n) is 15.2. The molecular formula is C19H27NO5. The molecule has 1 fully saturated rings. The van der Waals surface area contributed by atoms with Gasteiger partial charge in [-0.1, -0.05) is 19.1 Å². The van der Waals surface area contributed by atoms with Crippen LogP contribution in [0, 0.1) is 11.3 Å². The van der Waals surface area contributed by atoms with Crippen LogP contribution in [0.4, 0.5) is 0 Å². The molecule has 1 aromatic rings. The number of benzene rings is 1. The Balaban J connectivity index is 2.03. The maximum absolute atomic E-state index is 12.8. The lowest BCUT2D eigenvalue weighted by molar-refractivity contribution is -0.159. The van der Waals surface area contributed by atoms with Gasteiger partial charge in [0.25, 0.3) is 0 Å². The molecule has 0 aromatic heterocycles. The van der Waals surface area contributed by atoms with Crippen molar-refractivity contribution in [2.75, 3.05) is 33.9 Å². The van der Waals surface area contributed by atoms with E-state index in [1.807, 2.05) is 31.2 Å². The molecule has 2 atom stereocenters. The Morgan fingerprint density at radius 2 is 1.96 bits per heavy atom. The monoisotopic (exact) mass is 349 g/mol. The van der Waals surface area contributed by atoms with E-state index in [-0.39, 0.29) is 25.0 Å². The van der Waals surface area contributed by atoms with E-state index in [2.05, 4.69) is 0 Å². The average molecular weight is 349 g/mol. The van der Waals surface area contributed by atoms with E-state index in [1.54, 1.807) is 12.0 Å². The van der Waals surface area contributed by atoms with Gasteiger partial charge in [0, 0.05) is 26.1 Å². The van der Waals surface area contributed by atoms with Crippen molar-refractivity contribution >= 4 is 11.9 Å². The molecule has 2 rings (SSSR count). The molecule has 0 aliphatic carbocycles. The highest BCUT2D eigenvalue weighted by atomic mass is 16.5. The fraction of sp³-hybridized carbons (Fsp3) is 0.579. The molecule has 1 amide bonds. The number of likely N-dealkylation sites (tertiary alicyclic amines) is 1. The summed E-state index contributed by atoms with van der Waals surface area (Å²) in [7, 11) is 3.12. The van der Waals surface area contributed by atoms with Crippen LogP contribution in [0.1, 0.15) is 25.3 Å². The Labute approximate surface area is 148 Å². The predicted molar refractivity (Wildman–Crippen MR) is 93.6 cm³/mol. The molecule has 0 bridgehead atoms. The average Bonchev–Trinajstić information content (AvgIpc) is 2.62. The highest BCUT2D eigenvalue weighted by Gasteiger charge is 2.44. The third kappa shape index (κ3) is 4.51. The maximum atomic E-state index is 12.8. The number of amides is 1. The van der Waals surface area contributed by atoms with E-state index >= 15 is 0 Å². The van der Waals surface area contributed by atoms with Crippen LogP contribution in [0.3, 0.4) is 0 Å². The van der Waals surface area contributed by atoms with Crippen LogP contribution in [0.25, 0.3) is 0 Å². The van der Waals surface area contributed by atoms with E-state index in [4.69, 9.17) is 9.47 Å². The number of carboxylic acids is 1. The van der Waals surface area contributed by atoms with Crippen molar-refractivity contribution in [3.05, 3.63) is 29.8 Å². The molecule has 2 unspecified atom stereocenters. The minimum Gasteiger partial charge on any atom is -0.497 e. The number of carbonyl (C=O) groups is 2. The quantitative estimate of drug-likeness (QED) is 0.817. The zero-order chi connectivity index (χ0) is 18.4. The first kappa shape index (κ1) is 19.2. The number of nitrogens with zero attached hydrogens (tertiary/aromatic N) is 1. The summed E-state index contributed by atoms with van der Waals surface area (Å²) in [6, 6.07) is 7.65. The third-order valence-electron chi connectivity index (χ3n) is 4.89. The van der Waals surface area contributed by atoms with Gasteiger partial charge in [-0.15, -0.1) is 0 Å². The molecule has 0 radical (unpaired) electrons. The first-order valence-electron chi connectivity index (χ1n) is 8.56. The van der Waals surface area contributed by atoms with Crippen LogP contribution >= 0.6 is 0 Å². The topological polar surface area (TPSA) is 76.1 Å². The van der Waals surface area contributed by atoms with Crippen molar-refractivity contribution in [3.8, 4) is 5.75 Å². The Morgan fingerprint density at radius 3 is 2.52 bits per heavy atom. The van der Waals surface area contributed by atoms with Crippen LogP contribution in [-0.4, -0.2) is 55.8 Å². The molecule has 138 valence electrons. The summed E-state index contributed by atoms with van der Waals surface area (Å²) in [5.74, 6) is -0.322. The second-order valence-electron chi connectivity index (χ2n) is 6.84. The van der Waals surface area contributed by atoms with Crippen molar-refractivity contribution < 1.29 is 24.2 Å². The fourth-order valence-electron chi connectivity index (χ4n) is 3.46. The Morgan fingerprint density at radius 1 is 1.28 bits per heavy atom. The van der Waals surface area contributed by atoms with Gasteiger partial charge in [-0.05, 0) is 37.0 Å². The van der Waals surface area contributed by atoms with Gasteiger partial charge < -0.3 is 19.5 Å². The molecule has 1 saturated heterocycles. The van der Waals surface area contributed by atoms with Crippen molar-refractivity contribution in [2.45, 2.75) is 26.2 Å². The number of carboxylic acid groups (broad SMARTS) is 1. The number of hydrogen-bond donors (Lipinski definition) is 1. The number of piperidine rings is 1. The molecule has 1 heterocycles. The van der Waals surface area contributed by atoms with E-state index in [9.17, 15) is 14.7 Å². The van der Waals surface area contributed by atoms with Crippen LogP contribution in [-0.2, 0) is 20.7 Å². The molecule has 0 saturated carbocycles. The Bertz CT molecular complexity index is 596. The molecule has 1 aliphatic heterocycles. The molecule has 6 heteroatoms.